The number of nitrogens with one attached hydrogen (secondary N) is 2. The highest BCUT2D eigenvalue weighted by Crippen LogP contribution is 2.34. The van der Waals surface area contributed by atoms with Crippen molar-refractivity contribution in [1.29, 1.82) is 0 Å². The van der Waals surface area contributed by atoms with Crippen LogP contribution in [0.1, 0.15) is 11.3 Å². The van der Waals surface area contributed by atoms with E-state index in [4.69, 9.17) is 21.1 Å². The van der Waals surface area contributed by atoms with Gasteiger partial charge in [0.15, 0.2) is 0 Å². The molecule has 10 heteroatoms. The number of ether oxygens (including phenoxy) is 2. The average Bonchev–Trinajstić information content (AvgIpc) is 2.98. The second-order valence-electron chi connectivity index (χ2n) is 9.34. The van der Waals surface area contributed by atoms with Gasteiger partial charge in [-0.2, -0.15) is 0 Å². The van der Waals surface area contributed by atoms with E-state index < -0.39 is 0 Å². The molecule has 0 bridgehead atoms. The van der Waals surface area contributed by atoms with Crippen molar-refractivity contribution in [3.05, 3.63) is 90.0 Å². The van der Waals surface area contributed by atoms with Crippen LogP contribution in [0.15, 0.2) is 73.7 Å². The summed E-state index contributed by atoms with van der Waals surface area (Å²) < 4.78 is 11.5. The van der Waals surface area contributed by atoms with Crippen LogP contribution in [0.25, 0.3) is 10.9 Å². The number of aryl methyl sites for hydroxylation is 2. The first kappa shape index (κ1) is 27.5. The second-order valence-corrected chi connectivity index (χ2v) is 9.74. The number of halogens is 1. The van der Waals surface area contributed by atoms with Crippen LogP contribution >= 0.6 is 11.6 Å². The van der Waals surface area contributed by atoms with Crippen LogP contribution in [-0.4, -0.2) is 65.2 Å². The normalized spacial score (nSPS) is 13.6. The molecule has 206 valence electrons. The number of hydrogen-bond acceptors (Lipinski definition) is 8. The maximum Gasteiger partial charge on any atom is 0.247 e. The third-order valence-corrected chi connectivity index (χ3v) is 6.99. The molecule has 2 N–H and O–H groups in total. The zero-order chi connectivity index (χ0) is 27.7. The molecule has 0 unspecified atom stereocenters. The van der Waals surface area contributed by atoms with Gasteiger partial charge in [0, 0.05) is 53.7 Å². The Morgan fingerprint density at radius 3 is 2.75 bits per heavy atom. The number of rotatable bonds is 11. The zero-order valence-electron chi connectivity index (χ0n) is 22.1. The minimum absolute atomic E-state index is 0.336. The molecule has 40 heavy (non-hydrogen) atoms. The number of carbonyl (C=O) groups is 1. The lowest BCUT2D eigenvalue weighted by Crippen LogP contribution is -2.38. The summed E-state index contributed by atoms with van der Waals surface area (Å²) in [6.45, 7) is 7.98. The molecular weight excluding hydrogens is 528 g/mol. The molecule has 2 aromatic carbocycles. The molecule has 1 amide bonds. The van der Waals surface area contributed by atoms with Crippen molar-refractivity contribution in [2.45, 2.75) is 12.8 Å². The van der Waals surface area contributed by atoms with Crippen LogP contribution < -0.4 is 15.4 Å². The maximum atomic E-state index is 12.2. The third kappa shape index (κ3) is 7.12. The van der Waals surface area contributed by atoms with Crippen molar-refractivity contribution in [2.75, 3.05) is 50.1 Å². The number of aromatic nitrogens is 3. The minimum atomic E-state index is -0.336. The fourth-order valence-electron chi connectivity index (χ4n) is 4.47. The number of hydrogen-bond donors (Lipinski definition) is 2. The van der Waals surface area contributed by atoms with Crippen molar-refractivity contribution in [3.8, 4) is 5.75 Å². The molecule has 0 radical (unpaired) electrons. The van der Waals surface area contributed by atoms with Crippen molar-refractivity contribution < 1.29 is 14.3 Å². The van der Waals surface area contributed by atoms with Crippen molar-refractivity contribution >= 4 is 45.6 Å². The fourth-order valence-corrected chi connectivity index (χ4v) is 4.74. The molecule has 0 spiro atoms. The van der Waals surface area contributed by atoms with E-state index in [0.717, 1.165) is 68.0 Å². The molecule has 1 aliphatic heterocycles. The number of pyridine rings is 1. The fraction of sp³-hybridized carbons (Fsp3) is 0.267. The first-order chi connectivity index (χ1) is 19.6. The number of fused-ring (bicyclic) bond motifs is 1. The molecule has 0 aliphatic carbocycles. The van der Waals surface area contributed by atoms with E-state index in [9.17, 15) is 4.79 Å². The standard InChI is InChI=1S/C30H31ClN6O3/c1-2-29(38)36-27-18-24-26(19-28(27)40-16-13-37-11-14-39-15-12-37)33-20-34-30(24)35-23-9-7-21(25(31)17-23)6-8-22-5-3-4-10-32-22/h2-5,7,9-10,17-20H,1,6,8,11-16H2,(H,36,38)(H,33,34,35). The van der Waals surface area contributed by atoms with E-state index in [1.165, 1.54) is 12.4 Å². The molecule has 1 saturated heterocycles. The Balaban J connectivity index is 1.34. The Kier molecular flexibility index (Phi) is 9.18. The van der Waals surface area contributed by atoms with Gasteiger partial charge in [0.1, 0.15) is 24.5 Å². The van der Waals surface area contributed by atoms with Gasteiger partial charge in [0.2, 0.25) is 5.91 Å². The summed E-state index contributed by atoms with van der Waals surface area (Å²) in [5.74, 6) is 0.772. The summed E-state index contributed by atoms with van der Waals surface area (Å²) in [7, 11) is 0. The molecule has 9 nitrogen and oxygen atoms in total. The van der Waals surface area contributed by atoms with Crippen LogP contribution in [0.5, 0.6) is 5.75 Å². The second kappa shape index (κ2) is 13.3. The van der Waals surface area contributed by atoms with Gasteiger partial charge in [-0.05, 0) is 54.8 Å². The van der Waals surface area contributed by atoms with Crippen molar-refractivity contribution in [3.63, 3.8) is 0 Å². The highest BCUT2D eigenvalue weighted by atomic mass is 35.5. The van der Waals surface area contributed by atoms with E-state index in [1.807, 2.05) is 48.5 Å². The van der Waals surface area contributed by atoms with E-state index in [0.29, 0.717) is 34.4 Å². The first-order valence-electron chi connectivity index (χ1n) is 13.2. The summed E-state index contributed by atoms with van der Waals surface area (Å²) in [5.41, 5.74) is 4.04. The molecular formula is C30H31ClN6O3. The van der Waals surface area contributed by atoms with Crippen LogP contribution in [0.4, 0.5) is 17.2 Å². The number of morpholine rings is 1. The number of carbonyl (C=O) groups excluding carboxylic acids is 1. The Bertz CT molecular complexity index is 1480. The predicted molar refractivity (Wildman–Crippen MR) is 157 cm³/mol. The van der Waals surface area contributed by atoms with Gasteiger partial charge in [-0.1, -0.05) is 30.3 Å². The summed E-state index contributed by atoms with van der Waals surface area (Å²) in [4.78, 5) is 27.8. The van der Waals surface area contributed by atoms with E-state index in [2.05, 4.69) is 37.1 Å². The molecule has 1 fully saturated rings. The van der Waals surface area contributed by atoms with E-state index in [1.54, 1.807) is 6.20 Å². The number of nitrogens with zero attached hydrogens (tertiary/aromatic N) is 4. The maximum absolute atomic E-state index is 12.2. The predicted octanol–water partition coefficient (Wildman–Crippen LogP) is 5.04. The largest absolute Gasteiger partial charge is 0.490 e. The Morgan fingerprint density at radius 1 is 1.10 bits per heavy atom. The molecule has 3 heterocycles. The molecule has 2 aromatic heterocycles. The van der Waals surface area contributed by atoms with Crippen LogP contribution in [-0.2, 0) is 22.4 Å². The number of anilines is 3. The quantitative estimate of drug-likeness (QED) is 0.247. The zero-order valence-corrected chi connectivity index (χ0v) is 22.9. The minimum Gasteiger partial charge on any atom is -0.490 e. The van der Waals surface area contributed by atoms with Crippen molar-refractivity contribution in [1.82, 2.24) is 19.9 Å². The average molecular weight is 559 g/mol. The lowest BCUT2D eigenvalue weighted by Gasteiger charge is -2.26. The van der Waals surface area contributed by atoms with Gasteiger partial charge in [-0.15, -0.1) is 0 Å². The van der Waals surface area contributed by atoms with E-state index >= 15 is 0 Å². The third-order valence-electron chi connectivity index (χ3n) is 6.64. The molecule has 1 aliphatic rings. The molecule has 0 atom stereocenters. The van der Waals surface area contributed by atoms with Gasteiger partial charge in [-0.25, -0.2) is 9.97 Å². The lowest BCUT2D eigenvalue weighted by molar-refractivity contribution is -0.111. The number of benzene rings is 2. The summed E-state index contributed by atoms with van der Waals surface area (Å²) in [5, 5.41) is 7.58. The van der Waals surface area contributed by atoms with Gasteiger partial charge in [-0.3, -0.25) is 14.7 Å². The van der Waals surface area contributed by atoms with Crippen molar-refractivity contribution in [2.24, 2.45) is 0 Å². The van der Waals surface area contributed by atoms with Gasteiger partial charge in [0.25, 0.3) is 0 Å². The monoisotopic (exact) mass is 558 g/mol. The molecule has 0 saturated carbocycles. The van der Waals surface area contributed by atoms with Crippen LogP contribution in [0.2, 0.25) is 5.02 Å². The molecule has 4 aromatic rings. The van der Waals surface area contributed by atoms with Gasteiger partial charge in [0.05, 0.1) is 24.4 Å². The lowest BCUT2D eigenvalue weighted by atomic mass is 10.1. The van der Waals surface area contributed by atoms with Gasteiger partial charge >= 0.3 is 0 Å². The highest BCUT2D eigenvalue weighted by molar-refractivity contribution is 6.31. The topological polar surface area (TPSA) is 102 Å². The summed E-state index contributed by atoms with van der Waals surface area (Å²) >= 11 is 6.63. The Hall–Kier alpha value is -4.05. The van der Waals surface area contributed by atoms with Gasteiger partial charge < -0.3 is 20.1 Å². The number of amides is 1. The summed E-state index contributed by atoms with van der Waals surface area (Å²) in [6, 6.07) is 15.4. The smallest absolute Gasteiger partial charge is 0.247 e. The summed E-state index contributed by atoms with van der Waals surface area (Å²) in [6.07, 6.45) is 6.10. The highest BCUT2D eigenvalue weighted by Gasteiger charge is 2.15. The van der Waals surface area contributed by atoms with Crippen LogP contribution in [0.3, 0.4) is 0 Å². The van der Waals surface area contributed by atoms with E-state index in [-0.39, 0.29) is 5.91 Å². The SMILES string of the molecule is C=CC(=O)Nc1cc2c(Nc3ccc(CCc4ccccn4)c(Cl)c3)ncnc2cc1OCCN1CCOCC1. The van der Waals surface area contributed by atoms with Crippen LogP contribution in [0, 0.1) is 0 Å². The Labute approximate surface area is 238 Å². The first-order valence-corrected chi connectivity index (χ1v) is 13.6. The molecule has 5 rings (SSSR count). The Morgan fingerprint density at radius 2 is 1.98 bits per heavy atom.